The van der Waals surface area contributed by atoms with E-state index in [1.165, 1.54) is 22.5 Å². The fraction of sp³-hybridized carbons (Fsp3) is 0.559. The monoisotopic (exact) mass is 1220 g/mol. The minimum atomic E-state index is -6.30. The quantitative estimate of drug-likeness (QED) is 0.0237. The van der Waals surface area contributed by atoms with Crippen LogP contribution in [-0.2, 0) is 76.5 Å². The molecule has 0 aromatic carbocycles. The Bertz CT molecular complexity index is 3750. The minimum absolute atomic E-state index is 0.0211. The Morgan fingerprint density at radius 1 is 0.709 bits per heavy atom. The van der Waals surface area contributed by atoms with Gasteiger partial charge in [0.25, 0.3) is 16.7 Å². The molecule has 16 N–H and O–H groups in total. The number of nitrogens with zero attached hydrogens (tertiary/aromatic N) is 10. The molecule has 3 aliphatic heterocycles. The molecule has 16 atom stereocenters. The summed E-state index contributed by atoms with van der Waals surface area (Å²) in [6.07, 6.45) is -12.5. The molecule has 9 rings (SSSR count). The first kappa shape index (κ1) is 58.5. The zero-order valence-corrected chi connectivity index (χ0v) is 44.9. The van der Waals surface area contributed by atoms with Gasteiger partial charge in [0, 0.05) is 13.0 Å². The molecule has 3 fully saturated rings. The van der Waals surface area contributed by atoms with Crippen molar-refractivity contribution in [1.29, 1.82) is 0 Å². The molecule has 6 aromatic heterocycles. The maximum absolute atomic E-state index is 14.4. The Balaban J connectivity index is 0.899. The van der Waals surface area contributed by atoms with E-state index in [1.807, 2.05) is 4.72 Å². The van der Waals surface area contributed by atoms with Crippen LogP contribution in [0.1, 0.15) is 18.7 Å². The van der Waals surface area contributed by atoms with Gasteiger partial charge in [0.15, 0.2) is 35.1 Å². The number of nitrogen functional groups attached to an aromatic ring is 3. The molecule has 0 radical (unpaired) electrons. The molecule has 0 bridgehead atoms. The van der Waals surface area contributed by atoms with Gasteiger partial charge in [0.1, 0.15) is 54.1 Å². The molecular weight excluding hydrogens is 1170 g/mol. The summed E-state index contributed by atoms with van der Waals surface area (Å²) in [6, 6.07) is 0. The fourth-order valence-electron chi connectivity index (χ4n) is 9.12. The average Bonchev–Trinajstić information content (AvgIpc) is 4.41. The van der Waals surface area contributed by atoms with Gasteiger partial charge in [0.05, 0.1) is 51.4 Å². The maximum Gasteiger partial charge on any atom is 0.490 e. The first-order chi connectivity index (χ1) is 36.9. The van der Waals surface area contributed by atoms with Gasteiger partial charge in [-0.3, -0.25) is 42.3 Å². The highest BCUT2D eigenvalue weighted by Gasteiger charge is 2.58. The molecule has 45 heteroatoms. The number of ether oxygens (including phenoxy) is 4. The number of anilines is 3. The highest BCUT2D eigenvalue weighted by Crippen LogP contribution is 2.68. The topological polar surface area (TPSA) is 579 Å². The number of nitrogens with one attached hydrogen (secondary N) is 3. The zero-order valence-electron chi connectivity index (χ0n) is 40.5. The molecule has 6 unspecified atom stereocenters. The van der Waals surface area contributed by atoms with Crippen molar-refractivity contribution in [2.24, 2.45) is 13.0 Å². The standard InChI is InChI=1S/C34H48N16O24P4S/c1-38-79(64,65)7-12-13(70-30(19(12)51)50-11-47(2)18-27(50)44-34(37)46-29(18)55)4-68-76(58,59)73-78(62,63)74-77(60,61)69-6-15-23(22(66-3)32(72-15)48-9-41-16-24(35)39-8-40-25(16)48)75(56,57)67-5-14-20(52)21(53)31(71-14)49-10-42-17-26(49)43-33(36)45-28(17)54/h8-15,19-23,30-32,38,51-53H,4-7H2,1-3H3,(H11-,35,36,37,39,40,43,44,45,46,54,55,56,57,58,59,60,61,62,63)/p+1/t12-,13-,14-,15?,19-,20-,21-,22-,23-,30?,31-,32-/m1/s1. The summed E-state index contributed by atoms with van der Waals surface area (Å²) in [5.74, 6) is -3.22. The fourth-order valence-corrected chi connectivity index (χ4v) is 15.5. The summed E-state index contributed by atoms with van der Waals surface area (Å²) in [5, 5.41) is 33.4. The number of aliphatic hydroxyl groups excluding tert-OH is 3. The molecule has 3 saturated heterocycles. The third kappa shape index (κ3) is 11.7. The van der Waals surface area contributed by atoms with Gasteiger partial charge in [-0.15, -0.1) is 0 Å². The van der Waals surface area contributed by atoms with Crippen molar-refractivity contribution in [1.82, 2.24) is 58.3 Å². The van der Waals surface area contributed by atoms with Crippen molar-refractivity contribution < 1.29 is 107 Å². The molecule has 6 aromatic rings. The van der Waals surface area contributed by atoms with E-state index in [0.717, 1.165) is 42.3 Å². The number of rotatable bonds is 21. The summed E-state index contributed by atoms with van der Waals surface area (Å²) in [4.78, 5) is 97.1. The normalized spacial score (nSPS) is 29.7. The lowest BCUT2D eigenvalue weighted by atomic mass is 10.0. The van der Waals surface area contributed by atoms with Gasteiger partial charge in [-0.05, 0) is 7.05 Å². The second-order valence-corrected chi connectivity index (χ2v) is 26.2. The smallest absolute Gasteiger partial charge is 0.387 e. The van der Waals surface area contributed by atoms with Crippen LogP contribution in [0.15, 0.2) is 34.9 Å². The SMILES string of the molecule is CNS(=O)(=O)C[C@@H]1[C@@H](COP(=O)(O)OP(=O)(O)OP(=O)(O)OCC2O[C@@H](n3cnc4c(N)ncnc43)[C@H](OC)[C@@H]2P(=O)(O)OC[C@H]2O[C@@H](n3cnc4c(=O)[nH]c(N)nc43)[C@H](O)[C@@H]2O)OC(n2c[n+](C)c3c(=O)[nH]c(N)nc32)[C@@H]1O. The first-order valence-corrected chi connectivity index (χ1v) is 30.3. The highest BCUT2D eigenvalue weighted by atomic mass is 32.2. The summed E-state index contributed by atoms with van der Waals surface area (Å²) >= 11 is 0. The van der Waals surface area contributed by atoms with Crippen LogP contribution in [0.3, 0.4) is 0 Å². The summed E-state index contributed by atoms with van der Waals surface area (Å²) in [7, 11) is -24.3. The number of sulfonamides is 1. The summed E-state index contributed by atoms with van der Waals surface area (Å²) in [5.41, 5.74) is 13.3. The number of methoxy groups -OCH3 is 1. The van der Waals surface area contributed by atoms with Crippen molar-refractivity contribution in [3.8, 4) is 0 Å². The van der Waals surface area contributed by atoms with E-state index < -0.39 is 151 Å². The second-order valence-electron chi connectivity index (χ2n) is 17.6. The van der Waals surface area contributed by atoms with Gasteiger partial charge < -0.3 is 75.6 Å². The number of phosphoric acid groups is 3. The number of aromatic nitrogens is 12. The number of fused-ring (bicyclic) bond motifs is 3. The van der Waals surface area contributed by atoms with Crippen LogP contribution < -0.4 is 37.6 Å². The van der Waals surface area contributed by atoms with E-state index in [9.17, 15) is 71.2 Å². The molecule has 79 heavy (non-hydrogen) atoms. The van der Waals surface area contributed by atoms with Crippen molar-refractivity contribution in [3.63, 3.8) is 0 Å². The number of H-pyrrole nitrogens is 2. The van der Waals surface area contributed by atoms with E-state index in [1.54, 1.807) is 0 Å². The first-order valence-electron chi connectivity index (χ1n) is 22.5. The van der Waals surface area contributed by atoms with Crippen molar-refractivity contribution in [2.75, 3.05) is 56.9 Å². The third-order valence-corrected chi connectivity index (χ3v) is 20.2. The lowest BCUT2D eigenvalue weighted by Gasteiger charge is -2.28. The lowest BCUT2D eigenvalue weighted by Crippen LogP contribution is -2.38. The molecule has 434 valence electrons. The van der Waals surface area contributed by atoms with E-state index in [4.69, 9.17) is 49.7 Å². The zero-order chi connectivity index (χ0) is 57.5. The molecule has 0 aliphatic carbocycles. The molecule has 40 nitrogen and oxygen atoms in total. The van der Waals surface area contributed by atoms with Crippen molar-refractivity contribution in [3.05, 3.63) is 46.0 Å². The predicted octanol–water partition coefficient (Wildman–Crippen LogP) is -4.84. The van der Waals surface area contributed by atoms with Crippen LogP contribution in [0.25, 0.3) is 33.5 Å². The highest BCUT2D eigenvalue weighted by molar-refractivity contribution is 7.89. The van der Waals surface area contributed by atoms with E-state index in [2.05, 4.69) is 48.5 Å². The number of aromatic amines is 2. The molecular formula is C34H49N16O24P4S+. The number of imidazole rings is 3. The maximum atomic E-state index is 14.4. The molecule has 9 heterocycles. The Kier molecular flexibility index (Phi) is 16.0. The number of hydrogen-bond acceptors (Lipinski definition) is 29. The van der Waals surface area contributed by atoms with Crippen LogP contribution in [0.5, 0.6) is 0 Å². The van der Waals surface area contributed by atoms with Crippen LogP contribution in [-0.4, -0.2) is 185 Å². The van der Waals surface area contributed by atoms with Crippen LogP contribution >= 0.6 is 31.1 Å². The second kappa shape index (κ2) is 21.6. The minimum Gasteiger partial charge on any atom is -0.387 e. The van der Waals surface area contributed by atoms with E-state index in [0.29, 0.717) is 0 Å². The van der Waals surface area contributed by atoms with E-state index in [-0.39, 0.29) is 51.2 Å². The molecule has 0 spiro atoms. The number of phosphoric ester groups is 2. The lowest BCUT2D eigenvalue weighted by molar-refractivity contribution is -0.646. The predicted molar refractivity (Wildman–Crippen MR) is 258 cm³/mol. The summed E-state index contributed by atoms with van der Waals surface area (Å²) < 4.78 is 133. The van der Waals surface area contributed by atoms with Gasteiger partial charge in [-0.1, -0.05) is 0 Å². The van der Waals surface area contributed by atoms with Gasteiger partial charge in [0.2, 0.25) is 34.5 Å². The number of aryl methyl sites for hydroxylation is 1. The molecule has 0 amide bonds. The van der Waals surface area contributed by atoms with Gasteiger partial charge in [-0.2, -0.15) is 23.2 Å². The Labute approximate surface area is 439 Å². The number of nitrogens with two attached hydrogens (primary N) is 3. The number of aliphatic hydroxyl groups is 3. The largest absolute Gasteiger partial charge is 0.490 e. The number of hydrogen-bond donors (Lipinski definition) is 13. The van der Waals surface area contributed by atoms with Gasteiger partial charge >= 0.3 is 36.6 Å². The Hall–Kier alpha value is -5.16. The van der Waals surface area contributed by atoms with Gasteiger partial charge in [-0.25, -0.2) is 51.3 Å². The van der Waals surface area contributed by atoms with Crippen LogP contribution in [0.4, 0.5) is 17.7 Å². The summed E-state index contributed by atoms with van der Waals surface area (Å²) in [6.45, 7) is -3.51. The average molecular weight is 1220 g/mol. The Morgan fingerprint density at radius 2 is 1.27 bits per heavy atom. The van der Waals surface area contributed by atoms with Crippen molar-refractivity contribution in [2.45, 2.75) is 67.1 Å². The van der Waals surface area contributed by atoms with Crippen molar-refractivity contribution >= 4 is 92.3 Å². The van der Waals surface area contributed by atoms with E-state index >= 15 is 0 Å². The van der Waals surface area contributed by atoms with Crippen LogP contribution in [0, 0.1) is 5.92 Å². The molecule has 3 aliphatic rings. The Morgan fingerprint density at radius 3 is 1.91 bits per heavy atom. The third-order valence-electron chi connectivity index (χ3n) is 12.6. The van der Waals surface area contributed by atoms with Crippen LogP contribution in [0.2, 0.25) is 0 Å². The molecule has 0 saturated carbocycles.